The van der Waals surface area contributed by atoms with Crippen LogP contribution in [-0.2, 0) is 16.6 Å². The van der Waals surface area contributed by atoms with Gasteiger partial charge in [0.25, 0.3) is 0 Å². The molecule has 0 aliphatic carbocycles. The second-order valence-electron chi connectivity index (χ2n) is 6.05. The maximum Gasteiger partial charge on any atom is 0.244 e. The largest absolute Gasteiger partial charge is 0.312 e. The molecule has 120 valence electrons. The van der Waals surface area contributed by atoms with Crippen molar-refractivity contribution in [3.63, 3.8) is 0 Å². The molecular weight excluding hydrogens is 304 g/mol. The first-order chi connectivity index (χ1) is 9.87. The number of nitrogens with one attached hydrogen (secondary N) is 1. The van der Waals surface area contributed by atoms with Crippen molar-refractivity contribution in [3.05, 3.63) is 15.8 Å². The van der Waals surface area contributed by atoms with Gasteiger partial charge < -0.3 is 5.32 Å². The fourth-order valence-electron chi connectivity index (χ4n) is 3.05. The minimum absolute atomic E-state index is 0.0880. The Morgan fingerprint density at radius 3 is 2.76 bits per heavy atom. The van der Waals surface area contributed by atoms with Gasteiger partial charge in [-0.15, -0.1) is 11.3 Å². The second kappa shape index (κ2) is 6.77. The van der Waals surface area contributed by atoms with Crippen LogP contribution in [0.15, 0.2) is 10.3 Å². The summed E-state index contributed by atoms with van der Waals surface area (Å²) in [6.45, 7) is 10.3. The van der Waals surface area contributed by atoms with Crippen molar-refractivity contribution in [1.29, 1.82) is 0 Å². The van der Waals surface area contributed by atoms with Gasteiger partial charge in [-0.05, 0) is 50.1 Å². The van der Waals surface area contributed by atoms with Crippen LogP contribution in [0.3, 0.4) is 0 Å². The third-order valence-electron chi connectivity index (χ3n) is 4.17. The molecule has 0 amide bonds. The Balaban J connectivity index is 2.33. The quantitative estimate of drug-likeness (QED) is 0.903. The molecule has 0 radical (unpaired) electrons. The van der Waals surface area contributed by atoms with Crippen molar-refractivity contribution in [3.8, 4) is 0 Å². The van der Waals surface area contributed by atoms with Gasteiger partial charge in [0.2, 0.25) is 10.0 Å². The lowest BCUT2D eigenvalue weighted by Gasteiger charge is -2.35. The van der Waals surface area contributed by atoms with Crippen molar-refractivity contribution in [2.45, 2.75) is 58.0 Å². The molecule has 1 fully saturated rings. The molecule has 1 aromatic rings. The number of rotatable bonds is 5. The summed E-state index contributed by atoms with van der Waals surface area (Å²) in [5.74, 6) is 0.608. The number of sulfonamides is 1. The van der Waals surface area contributed by atoms with Gasteiger partial charge in [-0.2, -0.15) is 4.31 Å². The first kappa shape index (κ1) is 16.9. The summed E-state index contributed by atoms with van der Waals surface area (Å²) in [6.07, 6.45) is 1.90. The van der Waals surface area contributed by atoms with E-state index in [4.69, 9.17) is 0 Å². The molecule has 1 saturated heterocycles. The molecule has 0 saturated carbocycles. The van der Waals surface area contributed by atoms with Crippen molar-refractivity contribution in [1.82, 2.24) is 9.62 Å². The Labute approximate surface area is 132 Å². The lowest BCUT2D eigenvalue weighted by molar-refractivity contribution is 0.220. The zero-order valence-electron chi connectivity index (χ0n) is 13.3. The van der Waals surface area contributed by atoms with Crippen LogP contribution in [0, 0.1) is 12.8 Å². The number of hydrogen-bond donors (Lipinski definition) is 1. The van der Waals surface area contributed by atoms with Crippen LogP contribution in [0.5, 0.6) is 0 Å². The molecule has 1 aliphatic heterocycles. The molecule has 2 heterocycles. The van der Waals surface area contributed by atoms with E-state index in [2.05, 4.69) is 12.2 Å². The summed E-state index contributed by atoms with van der Waals surface area (Å²) < 4.78 is 27.9. The van der Waals surface area contributed by atoms with Crippen molar-refractivity contribution in [2.24, 2.45) is 5.92 Å². The maximum absolute atomic E-state index is 13.1. The molecule has 4 nitrogen and oxygen atoms in total. The van der Waals surface area contributed by atoms with Gasteiger partial charge in [0.1, 0.15) is 4.90 Å². The molecule has 1 aromatic heterocycles. The molecule has 1 N–H and O–H groups in total. The third kappa shape index (κ3) is 3.50. The lowest BCUT2D eigenvalue weighted by Crippen LogP contribution is -2.44. The summed E-state index contributed by atoms with van der Waals surface area (Å²) >= 11 is 1.54. The number of piperidine rings is 1. The molecule has 2 rings (SSSR count). The van der Waals surface area contributed by atoms with E-state index in [0.29, 0.717) is 23.9 Å². The van der Waals surface area contributed by atoms with E-state index in [-0.39, 0.29) is 6.04 Å². The minimum atomic E-state index is -3.38. The Bertz CT molecular complexity index is 580. The summed E-state index contributed by atoms with van der Waals surface area (Å²) in [5, 5.41) is 5.19. The predicted octanol–water partition coefficient (Wildman–Crippen LogP) is 2.98. The molecule has 0 aromatic carbocycles. The average Bonchev–Trinajstić information content (AvgIpc) is 2.77. The predicted molar refractivity (Wildman–Crippen MR) is 88.2 cm³/mol. The van der Waals surface area contributed by atoms with Gasteiger partial charge in [-0.1, -0.05) is 13.8 Å². The van der Waals surface area contributed by atoms with E-state index in [1.807, 2.05) is 26.2 Å². The van der Waals surface area contributed by atoms with Crippen LogP contribution in [-0.4, -0.2) is 31.9 Å². The van der Waals surface area contributed by atoms with Crippen molar-refractivity contribution in [2.75, 3.05) is 13.1 Å². The van der Waals surface area contributed by atoms with Crippen LogP contribution in [0.25, 0.3) is 0 Å². The van der Waals surface area contributed by atoms with E-state index in [0.717, 1.165) is 29.8 Å². The van der Waals surface area contributed by atoms with Crippen LogP contribution in [0.2, 0.25) is 0 Å². The highest BCUT2D eigenvalue weighted by Gasteiger charge is 2.35. The van der Waals surface area contributed by atoms with Crippen LogP contribution < -0.4 is 5.32 Å². The molecule has 0 bridgehead atoms. The van der Waals surface area contributed by atoms with Gasteiger partial charge in [-0.3, -0.25) is 0 Å². The van der Waals surface area contributed by atoms with Crippen LogP contribution in [0.4, 0.5) is 0 Å². The lowest BCUT2D eigenvalue weighted by atomic mass is 9.95. The van der Waals surface area contributed by atoms with Gasteiger partial charge in [0.05, 0.1) is 0 Å². The molecule has 2 unspecified atom stereocenters. The maximum atomic E-state index is 13.1. The highest BCUT2D eigenvalue weighted by atomic mass is 32.2. The first-order valence-corrected chi connectivity index (χ1v) is 9.99. The minimum Gasteiger partial charge on any atom is -0.312 e. The number of thiophene rings is 1. The van der Waals surface area contributed by atoms with E-state index >= 15 is 0 Å². The van der Waals surface area contributed by atoms with Gasteiger partial charge in [-0.25, -0.2) is 8.42 Å². The zero-order chi connectivity index (χ0) is 15.6. The van der Waals surface area contributed by atoms with E-state index in [9.17, 15) is 8.42 Å². The van der Waals surface area contributed by atoms with Crippen molar-refractivity contribution < 1.29 is 8.42 Å². The summed E-state index contributed by atoms with van der Waals surface area (Å²) in [5.41, 5.74) is 0.874. The van der Waals surface area contributed by atoms with E-state index in [1.165, 1.54) is 0 Å². The molecule has 2 atom stereocenters. The van der Waals surface area contributed by atoms with Gasteiger partial charge >= 0.3 is 0 Å². The summed E-state index contributed by atoms with van der Waals surface area (Å²) in [7, 11) is -3.38. The topological polar surface area (TPSA) is 49.4 Å². The fraction of sp³-hybridized carbons (Fsp3) is 0.733. The monoisotopic (exact) mass is 330 g/mol. The normalized spacial score (nSPS) is 24.4. The van der Waals surface area contributed by atoms with E-state index < -0.39 is 10.0 Å². The zero-order valence-corrected chi connectivity index (χ0v) is 15.0. The molecular formula is C15H26N2O2S2. The Morgan fingerprint density at radius 1 is 1.43 bits per heavy atom. The average molecular weight is 331 g/mol. The van der Waals surface area contributed by atoms with Crippen LogP contribution in [0.1, 0.15) is 44.1 Å². The first-order valence-electron chi connectivity index (χ1n) is 7.67. The number of nitrogens with zero attached hydrogens (tertiary/aromatic N) is 1. The van der Waals surface area contributed by atoms with Crippen LogP contribution >= 0.6 is 11.3 Å². The van der Waals surface area contributed by atoms with Gasteiger partial charge in [0.15, 0.2) is 0 Å². The summed E-state index contributed by atoms with van der Waals surface area (Å²) in [4.78, 5) is 1.47. The smallest absolute Gasteiger partial charge is 0.244 e. The number of hydrogen-bond acceptors (Lipinski definition) is 4. The molecule has 6 heteroatoms. The SMILES string of the molecule is CCNCc1scc(C)c1S(=O)(=O)N1CCC(C)CC1C. The highest BCUT2D eigenvalue weighted by Crippen LogP contribution is 2.33. The summed E-state index contributed by atoms with van der Waals surface area (Å²) in [6, 6.07) is 0.0880. The van der Waals surface area contributed by atoms with Gasteiger partial charge in [0, 0.05) is 24.0 Å². The fourth-order valence-corrected chi connectivity index (χ4v) is 6.45. The van der Waals surface area contributed by atoms with Crippen molar-refractivity contribution >= 4 is 21.4 Å². The van der Waals surface area contributed by atoms with E-state index in [1.54, 1.807) is 15.6 Å². The Hall–Kier alpha value is -0.430. The Kier molecular flexibility index (Phi) is 5.46. The second-order valence-corrected chi connectivity index (χ2v) is 8.84. The number of aryl methyl sites for hydroxylation is 1. The third-order valence-corrected chi connectivity index (χ3v) is 7.65. The Morgan fingerprint density at radius 2 is 2.14 bits per heavy atom. The molecule has 0 spiro atoms. The highest BCUT2D eigenvalue weighted by molar-refractivity contribution is 7.89. The molecule has 1 aliphatic rings. The molecule has 21 heavy (non-hydrogen) atoms. The standard InChI is InChI=1S/C15H26N2O2S2/c1-5-16-9-14-15(12(3)10-20-14)21(18,19)17-7-6-11(2)8-13(17)4/h10-11,13,16H,5-9H2,1-4H3.